The van der Waals surface area contributed by atoms with Crippen molar-refractivity contribution in [3.8, 4) is 0 Å². The van der Waals surface area contributed by atoms with E-state index in [4.69, 9.17) is 11.6 Å². The number of fused-ring (bicyclic) bond motifs is 5. The molecule has 1 heteroatoms. The number of allylic oxidation sites excluding steroid dienone is 4. The predicted octanol–water partition coefficient (Wildman–Crippen LogP) is 8.70. The Bertz CT molecular complexity index is 655. The topological polar surface area (TPSA) is 0 Å². The fraction of sp³-hybridized carbons (Fsp3) is 0.852. The van der Waals surface area contributed by atoms with Crippen LogP contribution in [0.3, 0.4) is 0 Å². The van der Waals surface area contributed by atoms with E-state index >= 15 is 0 Å². The Balaban J connectivity index is 1.55. The van der Waals surface area contributed by atoms with Gasteiger partial charge < -0.3 is 0 Å². The Morgan fingerprint density at radius 1 is 1.11 bits per heavy atom. The van der Waals surface area contributed by atoms with Gasteiger partial charge in [-0.25, -0.2) is 0 Å². The lowest BCUT2D eigenvalue weighted by Crippen LogP contribution is -2.49. The van der Waals surface area contributed by atoms with E-state index in [-0.39, 0.29) is 0 Å². The van der Waals surface area contributed by atoms with E-state index in [1.54, 1.807) is 11.1 Å². The van der Waals surface area contributed by atoms with Crippen molar-refractivity contribution >= 4 is 11.6 Å². The van der Waals surface area contributed by atoms with E-state index in [0.29, 0.717) is 16.2 Å². The van der Waals surface area contributed by atoms with Crippen molar-refractivity contribution in [2.24, 2.45) is 34.5 Å². The first-order chi connectivity index (χ1) is 13.3. The molecule has 0 heterocycles. The Labute approximate surface area is 179 Å². The molecular weight excluding hydrogens is 360 g/mol. The van der Waals surface area contributed by atoms with Crippen molar-refractivity contribution in [2.75, 3.05) is 0 Å². The fourth-order valence-electron chi connectivity index (χ4n) is 8.06. The average Bonchev–Trinajstić information content (AvgIpc) is 2.99. The quantitative estimate of drug-likeness (QED) is 0.325. The highest BCUT2D eigenvalue weighted by Gasteiger charge is 2.57. The van der Waals surface area contributed by atoms with Crippen LogP contribution in [0.2, 0.25) is 0 Å². The standard InChI is InChI=1S/C27H43Cl/c1-18(2)7-6-8-19(3)23-11-12-24-22-10-9-20-17-21(28)13-15-26(20,4)25(22)14-16-27(23,24)5/h9,18,21-22,24-25H,6-8,10-17H2,1-5H3/b23-19+/t21-,22?,24-,25?,26-,27+/m0/s1. The molecule has 0 spiro atoms. The Morgan fingerprint density at radius 3 is 2.57 bits per heavy atom. The Hall–Kier alpha value is -0.230. The maximum atomic E-state index is 6.55. The summed E-state index contributed by atoms with van der Waals surface area (Å²) in [6.45, 7) is 12.4. The molecule has 3 saturated carbocycles. The van der Waals surface area contributed by atoms with Crippen LogP contribution in [0, 0.1) is 34.5 Å². The highest BCUT2D eigenvalue weighted by molar-refractivity contribution is 6.20. The Morgan fingerprint density at radius 2 is 1.82 bits per heavy atom. The lowest BCUT2D eigenvalue weighted by atomic mass is 9.48. The number of rotatable bonds is 4. The van der Waals surface area contributed by atoms with E-state index in [1.165, 1.54) is 64.2 Å². The lowest BCUT2D eigenvalue weighted by molar-refractivity contribution is -0.0135. The van der Waals surface area contributed by atoms with Gasteiger partial charge in [0.2, 0.25) is 0 Å². The minimum Gasteiger partial charge on any atom is -0.123 e. The first-order valence-corrected chi connectivity index (χ1v) is 12.7. The zero-order valence-corrected chi connectivity index (χ0v) is 19.9. The first-order valence-electron chi connectivity index (χ1n) is 12.3. The summed E-state index contributed by atoms with van der Waals surface area (Å²) in [7, 11) is 0. The summed E-state index contributed by atoms with van der Waals surface area (Å²) in [5, 5.41) is 0.388. The number of hydrogen-bond donors (Lipinski definition) is 0. The summed E-state index contributed by atoms with van der Waals surface area (Å²) < 4.78 is 0. The van der Waals surface area contributed by atoms with Crippen LogP contribution < -0.4 is 0 Å². The van der Waals surface area contributed by atoms with E-state index in [9.17, 15) is 0 Å². The highest BCUT2D eigenvalue weighted by atomic mass is 35.5. The third kappa shape index (κ3) is 3.44. The molecule has 4 aliphatic carbocycles. The first kappa shape index (κ1) is 21.0. The molecule has 0 aromatic carbocycles. The fourth-order valence-corrected chi connectivity index (χ4v) is 8.33. The highest BCUT2D eigenvalue weighted by Crippen LogP contribution is 2.66. The molecule has 3 fully saturated rings. The molecule has 0 bridgehead atoms. The smallest absolute Gasteiger partial charge is 0.0373 e. The molecule has 0 saturated heterocycles. The van der Waals surface area contributed by atoms with E-state index < -0.39 is 0 Å². The van der Waals surface area contributed by atoms with Gasteiger partial charge in [0.05, 0.1) is 0 Å². The molecule has 0 N–H and O–H groups in total. The molecule has 0 aromatic heterocycles. The minimum absolute atomic E-state index is 0.388. The van der Waals surface area contributed by atoms with Crippen LogP contribution in [0.15, 0.2) is 22.8 Å². The summed E-state index contributed by atoms with van der Waals surface area (Å²) in [6, 6.07) is 0. The minimum atomic E-state index is 0.388. The third-order valence-corrected chi connectivity index (χ3v) is 10.0. The van der Waals surface area contributed by atoms with Crippen molar-refractivity contribution in [2.45, 2.75) is 111 Å². The molecule has 28 heavy (non-hydrogen) atoms. The summed E-state index contributed by atoms with van der Waals surface area (Å²) in [5.74, 6) is 3.59. The molecule has 4 rings (SSSR count). The molecule has 0 amide bonds. The summed E-state index contributed by atoms with van der Waals surface area (Å²) in [5.41, 5.74) is 6.31. The van der Waals surface area contributed by atoms with Gasteiger partial charge in [-0.3, -0.25) is 0 Å². The molecule has 2 unspecified atom stereocenters. The van der Waals surface area contributed by atoms with Gasteiger partial charge in [-0.1, -0.05) is 56.9 Å². The summed E-state index contributed by atoms with van der Waals surface area (Å²) in [4.78, 5) is 0. The second-order valence-corrected chi connectivity index (χ2v) is 12.3. The van der Waals surface area contributed by atoms with Crippen molar-refractivity contribution < 1.29 is 0 Å². The summed E-state index contributed by atoms with van der Waals surface area (Å²) in [6.07, 6.45) is 17.5. The average molecular weight is 403 g/mol. The van der Waals surface area contributed by atoms with Gasteiger partial charge in [-0.05, 0) is 106 Å². The van der Waals surface area contributed by atoms with E-state index in [0.717, 1.165) is 30.1 Å². The lowest BCUT2D eigenvalue weighted by Gasteiger charge is -2.57. The third-order valence-electron chi connectivity index (χ3n) is 9.68. The van der Waals surface area contributed by atoms with Gasteiger partial charge in [0.15, 0.2) is 0 Å². The molecule has 0 aromatic rings. The SMILES string of the molecule is C/C(CCCC(C)C)=C1/CC[C@H]2C3CC=C4C[C@@H](Cl)CC[C@]4(C)C3CC[C@]12C. The number of hydrogen-bond acceptors (Lipinski definition) is 0. The van der Waals surface area contributed by atoms with Crippen molar-refractivity contribution in [3.05, 3.63) is 22.8 Å². The number of alkyl halides is 1. The van der Waals surface area contributed by atoms with Gasteiger partial charge in [0, 0.05) is 5.38 Å². The molecule has 4 aliphatic rings. The molecule has 0 aliphatic heterocycles. The molecule has 158 valence electrons. The van der Waals surface area contributed by atoms with Gasteiger partial charge in [-0.2, -0.15) is 0 Å². The maximum absolute atomic E-state index is 6.55. The largest absolute Gasteiger partial charge is 0.123 e. The van der Waals surface area contributed by atoms with Gasteiger partial charge in [-0.15, -0.1) is 11.6 Å². The molecule has 0 nitrogen and oxygen atoms in total. The molecule has 6 atom stereocenters. The normalized spacial score (nSPS) is 44.6. The second-order valence-electron chi connectivity index (χ2n) is 11.6. The van der Waals surface area contributed by atoms with Crippen LogP contribution in [-0.4, -0.2) is 5.38 Å². The van der Waals surface area contributed by atoms with Crippen molar-refractivity contribution in [3.63, 3.8) is 0 Å². The van der Waals surface area contributed by atoms with Crippen LogP contribution in [0.5, 0.6) is 0 Å². The zero-order valence-electron chi connectivity index (χ0n) is 19.1. The van der Waals surface area contributed by atoms with Gasteiger partial charge in [0.1, 0.15) is 0 Å². The number of halogens is 1. The van der Waals surface area contributed by atoms with Gasteiger partial charge in [0.25, 0.3) is 0 Å². The van der Waals surface area contributed by atoms with E-state index in [1.807, 2.05) is 5.57 Å². The Kier molecular flexibility index (Phi) is 5.85. The molecular formula is C27H43Cl. The van der Waals surface area contributed by atoms with Crippen molar-refractivity contribution in [1.82, 2.24) is 0 Å². The van der Waals surface area contributed by atoms with Gasteiger partial charge >= 0.3 is 0 Å². The van der Waals surface area contributed by atoms with Crippen LogP contribution >= 0.6 is 11.6 Å². The van der Waals surface area contributed by atoms with Crippen molar-refractivity contribution in [1.29, 1.82) is 0 Å². The zero-order chi connectivity index (χ0) is 20.1. The monoisotopic (exact) mass is 402 g/mol. The van der Waals surface area contributed by atoms with Crippen LogP contribution in [-0.2, 0) is 0 Å². The second kappa shape index (κ2) is 7.79. The van der Waals surface area contributed by atoms with Crippen LogP contribution in [0.25, 0.3) is 0 Å². The van der Waals surface area contributed by atoms with Crippen LogP contribution in [0.1, 0.15) is 105 Å². The summed E-state index contributed by atoms with van der Waals surface area (Å²) >= 11 is 6.55. The van der Waals surface area contributed by atoms with Crippen LogP contribution in [0.4, 0.5) is 0 Å². The van der Waals surface area contributed by atoms with E-state index in [2.05, 4.69) is 40.7 Å². The maximum Gasteiger partial charge on any atom is 0.0373 e. The predicted molar refractivity (Wildman–Crippen MR) is 123 cm³/mol. The molecule has 0 radical (unpaired) electrons.